The Labute approximate surface area is 158 Å². The molecule has 0 aromatic rings. The molecule has 0 aromatic heterocycles. The minimum absolute atomic E-state index is 0.497. The van der Waals surface area contributed by atoms with Crippen molar-refractivity contribution < 1.29 is 0 Å². The number of rotatable bonds is 10. The molecule has 0 radical (unpaired) electrons. The zero-order chi connectivity index (χ0) is 18.2. The van der Waals surface area contributed by atoms with Gasteiger partial charge in [-0.25, -0.2) is 0 Å². The van der Waals surface area contributed by atoms with Gasteiger partial charge < -0.3 is 0 Å². The minimum atomic E-state index is -2.13. The summed E-state index contributed by atoms with van der Waals surface area (Å²) in [7, 11) is 2.47. The first-order valence-electron chi connectivity index (χ1n) is 11.0. The van der Waals surface area contributed by atoms with Crippen LogP contribution in [0.3, 0.4) is 0 Å². The monoisotopic (exact) mass is 445 g/mol. The standard InChI is InChI=1S/C10H20N.3C4H9.Sn/c1-10(2,3)9-5-7-11(4)8-6-9;3*1-3-4-2;/h7,9H,5-6,8H2,1-4H3;3*1,3-4H2,2H3;. The van der Waals surface area contributed by atoms with Crippen molar-refractivity contribution in [3.8, 4) is 0 Å². The van der Waals surface area contributed by atoms with Crippen LogP contribution < -0.4 is 0 Å². The van der Waals surface area contributed by atoms with Crippen LogP contribution in [0.5, 0.6) is 0 Å². The predicted octanol–water partition coefficient (Wildman–Crippen LogP) is 7.13. The maximum atomic E-state index is 2.85. The molecule has 2 heteroatoms. The van der Waals surface area contributed by atoms with Crippen molar-refractivity contribution in [2.24, 2.45) is 11.3 Å². The molecule has 24 heavy (non-hydrogen) atoms. The summed E-state index contributed by atoms with van der Waals surface area (Å²) in [6, 6.07) is 0. The average molecular weight is 444 g/mol. The van der Waals surface area contributed by atoms with Crippen molar-refractivity contribution >= 4 is 18.4 Å². The van der Waals surface area contributed by atoms with Crippen LogP contribution in [0.2, 0.25) is 13.3 Å². The maximum absolute atomic E-state index is 2.85. The topological polar surface area (TPSA) is 3.24 Å². The van der Waals surface area contributed by atoms with Gasteiger partial charge in [-0.2, -0.15) is 0 Å². The normalized spacial score (nSPS) is 23.6. The van der Waals surface area contributed by atoms with Crippen LogP contribution in [0, 0.1) is 11.3 Å². The molecule has 2 unspecified atom stereocenters. The summed E-state index contributed by atoms with van der Waals surface area (Å²) in [5.74, 6) is 0.944. The first kappa shape index (κ1) is 22.8. The summed E-state index contributed by atoms with van der Waals surface area (Å²) in [6.45, 7) is 16.0. The Balaban J connectivity index is 3.05. The van der Waals surface area contributed by atoms with Crippen LogP contribution in [-0.2, 0) is 0 Å². The second-order valence-corrected chi connectivity index (χ2v) is 23.7. The first-order valence-corrected chi connectivity index (χ1v) is 18.7. The zero-order valence-electron chi connectivity index (χ0n) is 18.1. The number of hydrogen-bond acceptors (Lipinski definition) is 1. The van der Waals surface area contributed by atoms with Gasteiger partial charge in [0.15, 0.2) is 0 Å². The molecule has 2 atom stereocenters. The van der Waals surface area contributed by atoms with Gasteiger partial charge in [0.05, 0.1) is 0 Å². The molecule has 0 aliphatic carbocycles. The summed E-state index contributed by atoms with van der Waals surface area (Å²) in [4.78, 5) is 2.85. The van der Waals surface area contributed by atoms with Gasteiger partial charge in [0.2, 0.25) is 0 Å². The van der Waals surface area contributed by atoms with Gasteiger partial charge in [0, 0.05) is 0 Å². The Bertz CT molecular complexity index is 312. The van der Waals surface area contributed by atoms with Gasteiger partial charge >= 0.3 is 158 Å². The number of hydrogen-bond donors (Lipinski definition) is 0. The molecule has 0 amide bonds. The SMILES string of the molecule is CCC[CH2][Sn]([CH2]CCC)([CH2]CCC)[CH]1CC(C(C)(C)C)CCN1C. The molecule has 1 fully saturated rings. The summed E-state index contributed by atoms with van der Waals surface area (Å²) >= 11 is -2.13. The fourth-order valence-corrected chi connectivity index (χ4v) is 24.4. The van der Waals surface area contributed by atoms with Crippen LogP contribution in [0.15, 0.2) is 0 Å². The van der Waals surface area contributed by atoms with Crippen molar-refractivity contribution in [3.63, 3.8) is 0 Å². The zero-order valence-corrected chi connectivity index (χ0v) is 20.9. The third-order valence-electron chi connectivity index (χ3n) is 6.89. The van der Waals surface area contributed by atoms with Gasteiger partial charge in [0.25, 0.3) is 0 Å². The molecule has 144 valence electrons. The van der Waals surface area contributed by atoms with Gasteiger partial charge in [-0.15, -0.1) is 0 Å². The molecule has 1 saturated heterocycles. The van der Waals surface area contributed by atoms with Crippen molar-refractivity contribution in [3.05, 3.63) is 0 Å². The third kappa shape index (κ3) is 6.49. The fraction of sp³-hybridized carbons (Fsp3) is 1.00. The van der Waals surface area contributed by atoms with E-state index >= 15 is 0 Å². The Kier molecular flexibility index (Phi) is 10.3. The molecule has 1 heterocycles. The first-order chi connectivity index (χ1) is 11.3. The molecular formula is C22H47NSn. The van der Waals surface area contributed by atoms with Crippen molar-refractivity contribution in [2.75, 3.05) is 13.6 Å². The van der Waals surface area contributed by atoms with Crippen LogP contribution in [0.4, 0.5) is 0 Å². The fourth-order valence-electron chi connectivity index (χ4n) is 5.05. The molecule has 1 nitrogen and oxygen atoms in total. The summed E-state index contributed by atoms with van der Waals surface area (Å²) < 4.78 is 6.01. The van der Waals surface area contributed by atoms with Crippen LogP contribution in [-0.4, -0.2) is 40.9 Å². The van der Waals surface area contributed by atoms with Crippen LogP contribution in [0.25, 0.3) is 0 Å². The summed E-state index contributed by atoms with van der Waals surface area (Å²) in [5, 5.41) is 0. The van der Waals surface area contributed by atoms with Gasteiger partial charge in [-0.05, 0) is 0 Å². The Morgan fingerprint density at radius 1 is 0.875 bits per heavy atom. The molecule has 0 saturated carbocycles. The second-order valence-electron chi connectivity index (χ2n) is 9.76. The van der Waals surface area contributed by atoms with Gasteiger partial charge in [-0.3, -0.25) is 0 Å². The van der Waals surface area contributed by atoms with Crippen molar-refractivity contribution in [1.29, 1.82) is 0 Å². The van der Waals surface area contributed by atoms with Crippen molar-refractivity contribution in [2.45, 2.75) is 110 Å². The Morgan fingerprint density at radius 2 is 1.33 bits per heavy atom. The number of unbranched alkanes of at least 4 members (excludes halogenated alkanes) is 3. The van der Waals surface area contributed by atoms with E-state index in [9.17, 15) is 0 Å². The van der Waals surface area contributed by atoms with E-state index in [0.29, 0.717) is 5.41 Å². The third-order valence-corrected chi connectivity index (χ3v) is 24.4. The van der Waals surface area contributed by atoms with E-state index in [1.807, 2.05) is 0 Å². The molecule has 1 aliphatic heterocycles. The Morgan fingerprint density at radius 3 is 1.71 bits per heavy atom. The quantitative estimate of drug-likeness (QED) is 0.324. The van der Waals surface area contributed by atoms with E-state index < -0.39 is 18.4 Å². The van der Waals surface area contributed by atoms with E-state index in [2.05, 4.69) is 53.5 Å². The van der Waals surface area contributed by atoms with Crippen LogP contribution >= 0.6 is 0 Å². The van der Waals surface area contributed by atoms with Gasteiger partial charge in [-0.1, -0.05) is 0 Å². The molecule has 1 rings (SSSR count). The summed E-state index contributed by atoms with van der Waals surface area (Å²) in [6.07, 6.45) is 11.7. The number of likely N-dealkylation sites (tertiary alicyclic amines) is 1. The molecule has 1 aliphatic rings. The molecule has 0 spiro atoms. The Hall–Kier alpha value is 0.759. The van der Waals surface area contributed by atoms with E-state index in [0.717, 1.165) is 9.98 Å². The second kappa shape index (κ2) is 10.8. The van der Waals surface area contributed by atoms with E-state index in [1.54, 1.807) is 13.3 Å². The number of nitrogens with zero attached hydrogens (tertiary/aromatic N) is 1. The number of piperidine rings is 1. The van der Waals surface area contributed by atoms with E-state index in [-0.39, 0.29) is 0 Å². The molecule has 0 aromatic carbocycles. The van der Waals surface area contributed by atoms with Crippen molar-refractivity contribution in [1.82, 2.24) is 4.90 Å². The van der Waals surface area contributed by atoms with Crippen LogP contribution in [0.1, 0.15) is 92.9 Å². The molecule has 0 N–H and O–H groups in total. The van der Waals surface area contributed by atoms with E-state index in [4.69, 9.17) is 0 Å². The molecule has 0 bridgehead atoms. The predicted molar refractivity (Wildman–Crippen MR) is 113 cm³/mol. The van der Waals surface area contributed by atoms with Gasteiger partial charge in [0.1, 0.15) is 0 Å². The van der Waals surface area contributed by atoms with E-state index in [1.165, 1.54) is 57.9 Å². The average Bonchev–Trinajstić information content (AvgIpc) is 2.54. The molecular weight excluding hydrogens is 397 g/mol. The summed E-state index contributed by atoms with van der Waals surface area (Å²) in [5.41, 5.74) is 0.497.